The van der Waals surface area contributed by atoms with Gasteiger partial charge in [-0.3, -0.25) is 0 Å². The average molecular weight is 279 g/mol. The molecule has 0 spiro atoms. The fourth-order valence-electron chi connectivity index (χ4n) is 1.37. The first kappa shape index (κ1) is 15.0. The van der Waals surface area contributed by atoms with Gasteiger partial charge in [-0.2, -0.15) is 0 Å². The number of hydrogen-bond acceptors (Lipinski definition) is 3. The van der Waals surface area contributed by atoms with Crippen LogP contribution in [0.3, 0.4) is 0 Å². The van der Waals surface area contributed by atoms with Crippen LogP contribution >= 0.6 is 0 Å². The maximum atomic E-state index is 13.3. The minimum Gasteiger partial charge on any atom is -0.393 e. The summed E-state index contributed by atoms with van der Waals surface area (Å²) in [5, 5.41) is 8.99. The Morgan fingerprint density at radius 2 is 2.06 bits per heavy atom. The molecular formula is C11H15F2NO3S. The van der Waals surface area contributed by atoms with Crippen LogP contribution in [0.1, 0.15) is 19.8 Å². The second kappa shape index (κ2) is 6.21. The first-order chi connectivity index (χ1) is 8.33. The molecule has 0 aliphatic rings. The van der Waals surface area contributed by atoms with Gasteiger partial charge in [-0.05, 0) is 31.9 Å². The van der Waals surface area contributed by atoms with Crippen LogP contribution in [0.4, 0.5) is 8.78 Å². The molecule has 0 aromatic heterocycles. The Hall–Kier alpha value is -1.05. The molecule has 0 fully saturated rings. The number of rotatable bonds is 6. The highest BCUT2D eigenvalue weighted by molar-refractivity contribution is 7.89. The van der Waals surface area contributed by atoms with Crippen LogP contribution in [-0.4, -0.2) is 26.2 Å². The molecule has 0 saturated heterocycles. The van der Waals surface area contributed by atoms with Crippen LogP contribution in [0.25, 0.3) is 0 Å². The molecule has 2 N–H and O–H groups in total. The molecule has 0 aliphatic carbocycles. The van der Waals surface area contributed by atoms with E-state index in [4.69, 9.17) is 5.11 Å². The highest BCUT2D eigenvalue weighted by atomic mass is 32.2. The van der Waals surface area contributed by atoms with Crippen molar-refractivity contribution >= 4 is 10.0 Å². The molecule has 1 rings (SSSR count). The second-order valence-corrected chi connectivity index (χ2v) is 5.70. The molecule has 18 heavy (non-hydrogen) atoms. The molecule has 0 aliphatic heterocycles. The van der Waals surface area contributed by atoms with Gasteiger partial charge in [0.15, 0.2) is 0 Å². The number of sulfonamides is 1. The van der Waals surface area contributed by atoms with E-state index in [9.17, 15) is 17.2 Å². The zero-order valence-electron chi connectivity index (χ0n) is 9.86. The SMILES string of the molecule is CC(O)CCCNS(=O)(=O)c1ccc(F)cc1F. The lowest BCUT2D eigenvalue weighted by Gasteiger charge is -2.08. The van der Waals surface area contributed by atoms with E-state index in [1.54, 1.807) is 6.92 Å². The highest BCUT2D eigenvalue weighted by Gasteiger charge is 2.18. The predicted molar refractivity (Wildman–Crippen MR) is 62.5 cm³/mol. The molecule has 1 atom stereocenters. The molecule has 1 aromatic rings. The fraction of sp³-hybridized carbons (Fsp3) is 0.455. The quantitative estimate of drug-likeness (QED) is 0.774. The molecule has 0 heterocycles. The monoisotopic (exact) mass is 279 g/mol. The van der Waals surface area contributed by atoms with E-state index < -0.39 is 32.7 Å². The number of halogens is 2. The van der Waals surface area contributed by atoms with Crippen LogP contribution in [0.15, 0.2) is 23.1 Å². The van der Waals surface area contributed by atoms with Gasteiger partial charge < -0.3 is 5.11 Å². The summed E-state index contributed by atoms with van der Waals surface area (Å²) in [7, 11) is -3.98. The normalized spacial score (nSPS) is 13.6. The Morgan fingerprint density at radius 1 is 1.39 bits per heavy atom. The molecule has 4 nitrogen and oxygen atoms in total. The van der Waals surface area contributed by atoms with Crippen molar-refractivity contribution in [2.24, 2.45) is 0 Å². The first-order valence-electron chi connectivity index (χ1n) is 5.45. The van der Waals surface area contributed by atoms with Crippen LogP contribution in [-0.2, 0) is 10.0 Å². The van der Waals surface area contributed by atoms with Crippen LogP contribution in [0.2, 0.25) is 0 Å². The van der Waals surface area contributed by atoms with E-state index in [-0.39, 0.29) is 6.54 Å². The minimum atomic E-state index is -3.98. The summed E-state index contributed by atoms with van der Waals surface area (Å²) in [4.78, 5) is -0.582. The van der Waals surface area contributed by atoms with Gasteiger partial charge in [0.2, 0.25) is 10.0 Å². The summed E-state index contributed by atoms with van der Waals surface area (Å²) in [6.45, 7) is 1.68. The van der Waals surface area contributed by atoms with Crippen molar-refractivity contribution in [2.75, 3.05) is 6.54 Å². The molecule has 0 bridgehead atoms. The fourth-order valence-corrected chi connectivity index (χ4v) is 2.51. The van der Waals surface area contributed by atoms with Gasteiger partial charge in [-0.25, -0.2) is 21.9 Å². The predicted octanol–water partition coefficient (Wildman–Crippen LogP) is 1.40. The van der Waals surface area contributed by atoms with Crippen molar-refractivity contribution in [3.05, 3.63) is 29.8 Å². The molecule has 0 amide bonds. The van der Waals surface area contributed by atoms with Gasteiger partial charge in [0.05, 0.1) is 6.10 Å². The van der Waals surface area contributed by atoms with Gasteiger partial charge in [0, 0.05) is 12.6 Å². The Balaban J connectivity index is 2.69. The smallest absolute Gasteiger partial charge is 0.243 e. The van der Waals surface area contributed by atoms with Crippen molar-refractivity contribution in [3.63, 3.8) is 0 Å². The molecule has 102 valence electrons. The molecular weight excluding hydrogens is 264 g/mol. The highest BCUT2D eigenvalue weighted by Crippen LogP contribution is 2.15. The van der Waals surface area contributed by atoms with Crippen molar-refractivity contribution in [2.45, 2.75) is 30.8 Å². The standard InChI is InChI=1S/C11H15F2NO3S/c1-8(15)3-2-6-14-18(16,17)11-5-4-9(12)7-10(11)13/h4-5,7-8,14-15H,2-3,6H2,1H3. The van der Waals surface area contributed by atoms with Crippen LogP contribution in [0.5, 0.6) is 0 Å². The number of aliphatic hydroxyl groups is 1. The average Bonchev–Trinajstić information content (AvgIpc) is 2.23. The second-order valence-electron chi connectivity index (χ2n) is 3.96. The van der Waals surface area contributed by atoms with Crippen molar-refractivity contribution < 1.29 is 22.3 Å². The molecule has 7 heteroatoms. The molecule has 0 saturated carbocycles. The maximum Gasteiger partial charge on any atom is 0.243 e. The Kier molecular flexibility index (Phi) is 5.18. The third kappa shape index (κ3) is 4.32. The van der Waals surface area contributed by atoms with E-state index in [0.717, 1.165) is 12.1 Å². The van der Waals surface area contributed by atoms with Gasteiger partial charge in [-0.1, -0.05) is 0 Å². The molecule has 1 unspecified atom stereocenters. The van der Waals surface area contributed by atoms with Crippen molar-refractivity contribution in [1.82, 2.24) is 4.72 Å². The van der Waals surface area contributed by atoms with Crippen molar-refractivity contribution in [3.8, 4) is 0 Å². The Morgan fingerprint density at radius 3 is 2.61 bits per heavy atom. The number of nitrogens with one attached hydrogen (secondary N) is 1. The number of benzene rings is 1. The lowest BCUT2D eigenvalue weighted by atomic mass is 10.2. The Bertz CT molecular complexity index is 503. The van der Waals surface area contributed by atoms with Crippen molar-refractivity contribution in [1.29, 1.82) is 0 Å². The minimum absolute atomic E-state index is 0.0874. The van der Waals surface area contributed by atoms with Gasteiger partial charge >= 0.3 is 0 Å². The third-order valence-electron chi connectivity index (χ3n) is 2.27. The van der Waals surface area contributed by atoms with E-state index in [2.05, 4.69) is 4.72 Å². The van der Waals surface area contributed by atoms with Gasteiger partial charge in [0.1, 0.15) is 16.5 Å². The van der Waals surface area contributed by atoms with E-state index in [1.165, 1.54) is 0 Å². The molecule has 1 aromatic carbocycles. The topological polar surface area (TPSA) is 66.4 Å². The molecule has 0 radical (unpaired) electrons. The van der Waals surface area contributed by atoms with Crippen LogP contribution in [0, 0.1) is 11.6 Å². The van der Waals surface area contributed by atoms with E-state index in [0.29, 0.717) is 18.9 Å². The number of hydrogen-bond donors (Lipinski definition) is 2. The summed E-state index contributed by atoms with van der Waals surface area (Å²) in [6.07, 6.45) is 0.353. The van der Waals surface area contributed by atoms with E-state index >= 15 is 0 Å². The summed E-state index contributed by atoms with van der Waals surface area (Å²) in [5.41, 5.74) is 0. The van der Waals surface area contributed by atoms with Gasteiger partial charge in [0.25, 0.3) is 0 Å². The largest absolute Gasteiger partial charge is 0.393 e. The summed E-state index contributed by atoms with van der Waals surface area (Å²) < 4.78 is 51.5. The lowest BCUT2D eigenvalue weighted by molar-refractivity contribution is 0.182. The zero-order valence-corrected chi connectivity index (χ0v) is 10.7. The van der Waals surface area contributed by atoms with Crippen LogP contribution < -0.4 is 4.72 Å². The summed E-state index contributed by atoms with van der Waals surface area (Å²) in [5.74, 6) is -1.96. The van der Waals surface area contributed by atoms with E-state index in [1.807, 2.05) is 0 Å². The zero-order chi connectivity index (χ0) is 13.8. The summed E-state index contributed by atoms with van der Waals surface area (Å²) >= 11 is 0. The summed E-state index contributed by atoms with van der Waals surface area (Å²) in [6, 6.07) is 2.28. The third-order valence-corrected chi connectivity index (χ3v) is 3.77. The lowest BCUT2D eigenvalue weighted by Crippen LogP contribution is -2.26. The number of aliphatic hydroxyl groups excluding tert-OH is 1. The Labute approximate surface area is 105 Å². The van der Waals surface area contributed by atoms with Gasteiger partial charge in [-0.15, -0.1) is 0 Å². The first-order valence-corrected chi connectivity index (χ1v) is 6.94. The maximum absolute atomic E-state index is 13.3.